The first-order valence-electron chi connectivity index (χ1n) is 8.46. The van der Waals surface area contributed by atoms with Crippen molar-refractivity contribution in [3.8, 4) is 5.75 Å². The first kappa shape index (κ1) is 16.3. The van der Waals surface area contributed by atoms with Gasteiger partial charge in [-0.25, -0.2) is 4.79 Å². The van der Waals surface area contributed by atoms with Gasteiger partial charge in [-0.3, -0.25) is 4.79 Å². The van der Waals surface area contributed by atoms with Gasteiger partial charge in [-0.05, 0) is 29.8 Å². The van der Waals surface area contributed by atoms with Gasteiger partial charge in [-0.15, -0.1) is 0 Å². The summed E-state index contributed by atoms with van der Waals surface area (Å²) in [6.07, 6.45) is 0. The Labute approximate surface area is 151 Å². The van der Waals surface area contributed by atoms with E-state index < -0.39 is 0 Å². The molecular formula is C19H20N4O3. The van der Waals surface area contributed by atoms with Gasteiger partial charge in [0.05, 0.1) is 12.2 Å². The SMILES string of the molecule is CN1Cc2ccc(NC(=O)Nc3cccc4c3N(C)CCO4)cc2C1=O. The van der Waals surface area contributed by atoms with Crippen LogP contribution in [-0.4, -0.2) is 44.1 Å². The van der Waals surface area contributed by atoms with Gasteiger partial charge in [-0.1, -0.05) is 12.1 Å². The highest BCUT2D eigenvalue weighted by molar-refractivity contribution is 6.04. The quantitative estimate of drug-likeness (QED) is 0.872. The molecule has 134 valence electrons. The average molecular weight is 352 g/mol. The van der Waals surface area contributed by atoms with Crippen molar-refractivity contribution in [1.29, 1.82) is 0 Å². The van der Waals surface area contributed by atoms with E-state index in [1.165, 1.54) is 0 Å². The molecule has 0 saturated heterocycles. The van der Waals surface area contributed by atoms with E-state index in [2.05, 4.69) is 15.5 Å². The molecule has 0 aromatic heterocycles. The van der Waals surface area contributed by atoms with Crippen LogP contribution in [0.4, 0.5) is 21.9 Å². The van der Waals surface area contributed by atoms with Crippen molar-refractivity contribution in [3.63, 3.8) is 0 Å². The van der Waals surface area contributed by atoms with Gasteiger partial charge < -0.3 is 25.2 Å². The van der Waals surface area contributed by atoms with Gasteiger partial charge in [0, 0.05) is 31.9 Å². The normalized spacial score (nSPS) is 15.2. The standard InChI is InChI=1S/C19H20N4O3/c1-22-8-9-26-16-5-3-4-15(17(16)22)21-19(25)20-13-7-6-12-11-23(2)18(24)14(12)10-13/h3-7,10H,8-9,11H2,1-2H3,(H2,20,21,25). The second-order valence-corrected chi connectivity index (χ2v) is 6.53. The molecule has 0 radical (unpaired) electrons. The van der Waals surface area contributed by atoms with Crippen LogP contribution in [0.15, 0.2) is 36.4 Å². The lowest BCUT2D eigenvalue weighted by Gasteiger charge is -2.29. The Bertz CT molecular complexity index is 896. The van der Waals surface area contributed by atoms with E-state index in [1.54, 1.807) is 24.1 Å². The summed E-state index contributed by atoms with van der Waals surface area (Å²) >= 11 is 0. The first-order chi connectivity index (χ1) is 12.5. The molecule has 2 N–H and O–H groups in total. The summed E-state index contributed by atoms with van der Waals surface area (Å²) in [4.78, 5) is 28.3. The maximum absolute atomic E-state index is 12.4. The molecule has 26 heavy (non-hydrogen) atoms. The summed E-state index contributed by atoms with van der Waals surface area (Å²) in [5.41, 5.74) is 3.73. The Hall–Kier alpha value is -3.22. The molecule has 7 nitrogen and oxygen atoms in total. The molecule has 2 aromatic carbocycles. The van der Waals surface area contributed by atoms with Crippen molar-refractivity contribution >= 4 is 29.0 Å². The molecule has 3 amide bonds. The van der Waals surface area contributed by atoms with E-state index >= 15 is 0 Å². The van der Waals surface area contributed by atoms with Crippen LogP contribution in [0.1, 0.15) is 15.9 Å². The minimum absolute atomic E-state index is 0.0278. The Balaban J connectivity index is 1.52. The number of carbonyl (C=O) groups excluding carboxylic acids is 2. The number of para-hydroxylation sites is 1. The van der Waals surface area contributed by atoms with Crippen LogP contribution in [0.25, 0.3) is 0 Å². The molecule has 0 spiro atoms. The number of fused-ring (bicyclic) bond motifs is 2. The zero-order chi connectivity index (χ0) is 18.3. The second-order valence-electron chi connectivity index (χ2n) is 6.53. The minimum atomic E-state index is -0.365. The third kappa shape index (κ3) is 2.81. The lowest BCUT2D eigenvalue weighted by atomic mass is 10.1. The van der Waals surface area contributed by atoms with Gasteiger partial charge in [0.1, 0.15) is 18.0 Å². The molecule has 2 aromatic rings. The number of nitrogens with zero attached hydrogens (tertiary/aromatic N) is 2. The van der Waals surface area contributed by atoms with Crippen LogP contribution >= 0.6 is 0 Å². The van der Waals surface area contributed by atoms with Crippen LogP contribution in [0.2, 0.25) is 0 Å². The number of rotatable bonds is 2. The van der Waals surface area contributed by atoms with Crippen LogP contribution in [-0.2, 0) is 6.54 Å². The summed E-state index contributed by atoms with van der Waals surface area (Å²) in [7, 11) is 3.73. The zero-order valence-electron chi connectivity index (χ0n) is 14.7. The summed E-state index contributed by atoms with van der Waals surface area (Å²) in [5, 5.41) is 5.67. The smallest absolute Gasteiger partial charge is 0.323 e. The van der Waals surface area contributed by atoms with Crippen LogP contribution in [0.5, 0.6) is 5.75 Å². The maximum atomic E-state index is 12.4. The number of likely N-dealkylation sites (N-methyl/N-ethyl adjacent to an activating group) is 1. The first-order valence-corrected chi connectivity index (χ1v) is 8.46. The summed E-state index contributed by atoms with van der Waals surface area (Å²) in [5.74, 6) is 0.725. The Morgan fingerprint density at radius 1 is 1.12 bits per heavy atom. The number of hydrogen-bond acceptors (Lipinski definition) is 4. The monoisotopic (exact) mass is 352 g/mol. The van der Waals surface area contributed by atoms with Crippen molar-refractivity contribution in [2.45, 2.75) is 6.54 Å². The van der Waals surface area contributed by atoms with E-state index in [-0.39, 0.29) is 11.9 Å². The Kier molecular flexibility index (Phi) is 3.91. The third-order valence-electron chi connectivity index (χ3n) is 4.67. The van der Waals surface area contributed by atoms with Crippen molar-refractivity contribution < 1.29 is 14.3 Å². The number of ether oxygens (including phenoxy) is 1. The van der Waals surface area contributed by atoms with Crippen LogP contribution in [0.3, 0.4) is 0 Å². The summed E-state index contributed by atoms with van der Waals surface area (Å²) < 4.78 is 5.65. The number of urea groups is 1. The maximum Gasteiger partial charge on any atom is 0.323 e. The van der Waals surface area contributed by atoms with E-state index in [4.69, 9.17) is 4.74 Å². The van der Waals surface area contributed by atoms with Crippen molar-refractivity contribution in [2.24, 2.45) is 0 Å². The molecule has 2 aliphatic heterocycles. The second kappa shape index (κ2) is 6.25. The number of hydrogen-bond donors (Lipinski definition) is 2. The highest BCUT2D eigenvalue weighted by Gasteiger charge is 2.25. The number of carbonyl (C=O) groups is 2. The molecule has 0 unspecified atom stereocenters. The minimum Gasteiger partial charge on any atom is -0.489 e. The van der Waals surface area contributed by atoms with E-state index in [9.17, 15) is 9.59 Å². The largest absolute Gasteiger partial charge is 0.489 e. The lowest BCUT2D eigenvalue weighted by molar-refractivity contribution is 0.0816. The van der Waals surface area contributed by atoms with Gasteiger partial charge in [0.25, 0.3) is 5.91 Å². The number of anilines is 3. The fraction of sp³-hybridized carbons (Fsp3) is 0.263. The number of nitrogens with one attached hydrogen (secondary N) is 2. The highest BCUT2D eigenvalue weighted by Crippen LogP contribution is 2.37. The molecule has 2 heterocycles. The van der Waals surface area contributed by atoms with Crippen molar-refractivity contribution in [1.82, 2.24) is 4.90 Å². The fourth-order valence-electron chi connectivity index (χ4n) is 3.35. The van der Waals surface area contributed by atoms with Gasteiger partial charge in [0.2, 0.25) is 0 Å². The molecule has 2 aliphatic rings. The van der Waals surface area contributed by atoms with Gasteiger partial charge in [-0.2, -0.15) is 0 Å². The average Bonchev–Trinajstić information content (AvgIpc) is 2.89. The van der Waals surface area contributed by atoms with E-state index in [1.807, 2.05) is 31.3 Å². The molecule has 0 aliphatic carbocycles. The Morgan fingerprint density at radius 3 is 2.81 bits per heavy atom. The van der Waals surface area contributed by atoms with Gasteiger partial charge >= 0.3 is 6.03 Å². The molecule has 0 atom stereocenters. The van der Waals surface area contributed by atoms with Crippen molar-refractivity contribution in [3.05, 3.63) is 47.5 Å². The molecule has 0 bridgehead atoms. The molecule has 4 rings (SSSR count). The van der Waals surface area contributed by atoms with Gasteiger partial charge in [0.15, 0.2) is 0 Å². The van der Waals surface area contributed by atoms with Crippen LogP contribution in [0, 0.1) is 0 Å². The van der Waals surface area contributed by atoms with E-state index in [0.717, 1.165) is 23.5 Å². The highest BCUT2D eigenvalue weighted by atomic mass is 16.5. The topological polar surface area (TPSA) is 73.9 Å². The summed E-state index contributed by atoms with van der Waals surface area (Å²) in [6.45, 7) is 1.98. The Morgan fingerprint density at radius 2 is 1.96 bits per heavy atom. The summed E-state index contributed by atoms with van der Waals surface area (Å²) in [6, 6.07) is 10.6. The lowest BCUT2D eigenvalue weighted by Crippen LogP contribution is -2.30. The number of benzene rings is 2. The number of amides is 3. The molecular weight excluding hydrogens is 332 g/mol. The fourth-order valence-corrected chi connectivity index (χ4v) is 3.35. The van der Waals surface area contributed by atoms with E-state index in [0.29, 0.717) is 30.1 Å². The van der Waals surface area contributed by atoms with Crippen molar-refractivity contribution in [2.75, 3.05) is 42.8 Å². The molecule has 7 heteroatoms. The molecule has 0 fully saturated rings. The predicted molar refractivity (Wildman–Crippen MR) is 100 cm³/mol. The third-order valence-corrected chi connectivity index (χ3v) is 4.67. The zero-order valence-corrected chi connectivity index (χ0v) is 14.7. The molecule has 0 saturated carbocycles. The van der Waals surface area contributed by atoms with Crippen LogP contribution < -0.4 is 20.3 Å². The predicted octanol–water partition coefficient (Wildman–Crippen LogP) is 2.74.